The fourth-order valence-electron chi connectivity index (χ4n) is 0.711. The lowest BCUT2D eigenvalue weighted by Crippen LogP contribution is -2.05. The number of hydrogen-bond donors (Lipinski definition) is 0. The Balaban J connectivity index is 2.64. The van der Waals surface area contributed by atoms with Crippen molar-refractivity contribution in [3.05, 3.63) is 23.4 Å². The SMILES string of the molecule is CC(C)C(C)N=Nc1ccc(Cl)cn1. The van der Waals surface area contributed by atoms with Crippen molar-refractivity contribution < 1.29 is 0 Å². The Morgan fingerprint density at radius 3 is 2.50 bits per heavy atom. The summed E-state index contributed by atoms with van der Waals surface area (Å²) in [7, 11) is 0. The van der Waals surface area contributed by atoms with Crippen molar-refractivity contribution in [3.8, 4) is 0 Å². The van der Waals surface area contributed by atoms with Crippen LogP contribution in [0.1, 0.15) is 20.8 Å². The average molecular weight is 212 g/mol. The number of aromatic nitrogens is 1. The summed E-state index contributed by atoms with van der Waals surface area (Å²) in [4.78, 5) is 4.02. The first kappa shape index (κ1) is 11.1. The number of hydrogen-bond acceptors (Lipinski definition) is 3. The molecule has 3 nitrogen and oxygen atoms in total. The number of nitrogens with zero attached hydrogens (tertiary/aromatic N) is 3. The molecule has 0 radical (unpaired) electrons. The fraction of sp³-hybridized carbons (Fsp3) is 0.500. The molecule has 1 rings (SSSR count). The van der Waals surface area contributed by atoms with Crippen molar-refractivity contribution in [2.45, 2.75) is 26.8 Å². The number of rotatable bonds is 3. The fourth-order valence-corrected chi connectivity index (χ4v) is 0.823. The predicted octanol–water partition coefficient (Wildman–Crippen LogP) is 3.86. The van der Waals surface area contributed by atoms with E-state index in [0.717, 1.165) is 0 Å². The minimum absolute atomic E-state index is 0.215. The molecule has 1 unspecified atom stereocenters. The molecule has 1 aromatic heterocycles. The van der Waals surface area contributed by atoms with E-state index in [1.165, 1.54) is 0 Å². The molecule has 0 N–H and O–H groups in total. The molecule has 14 heavy (non-hydrogen) atoms. The van der Waals surface area contributed by atoms with E-state index in [1.807, 2.05) is 6.92 Å². The van der Waals surface area contributed by atoms with E-state index in [-0.39, 0.29) is 6.04 Å². The van der Waals surface area contributed by atoms with Gasteiger partial charge < -0.3 is 0 Å². The van der Waals surface area contributed by atoms with E-state index in [2.05, 4.69) is 29.1 Å². The summed E-state index contributed by atoms with van der Waals surface area (Å²) in [5, 5.41) is 8.78. The molecule has 4 heteroatoms. The second-order valence-electron chi connectivity index (χ2n) is 3.53. The van der Waals surface area contributed by atoms with Gasteiger partial charge in [0.15, 0.2) is 5.82 Å². The van der Waals surface area contributed by atoms with Gasteiger partial charge in [0.05, 0.1) is 11.1 Å². The molecule has 0 saturated carbocycles. The van der Waals surface area contributed by atoms with Gasteiger partial charge in [-0.05, 0) is 25.0 Å². The van der Waals surface area contributed by atoms with Crippen LogP contribution < -0.4 is 0 Å². The second-order valence-corrected chi connectivity index (χ2v) is 3.97. The average Bonchev–Trinajstić information content (AvgIpc) is 2.16. The van der Waals surface area contributed by atoms with Gasteiger partial charge in [0.2, 0.25) is 0 Å². The smallest absolute Gasteiger partial charge is 0.174 e. The van der Waals surface area contributed by atoms with Gasteiger partial charge in [-0.2, -0.15) is 5.11 Å². The first-order chi connectivity index (χ1) is 6.59. The zero-order valence-electron chi connectivity index (χ0n) is 8.61. The van der Waals surface area contributed by atoms with Gasteiger partial charge in [-0.1, -0.05) is 25.4 Å². The summed E-state index contributed by atoms with van der Waals surface area (Å²) in [5.41, 5.74) is 0. The van der Waals surface area contributed by atoms with E-state index in [9.17, 15) is 0 Å². The van der Waals surface area contributed by atoms with Gasteiger partial charge in [0.1, 0.15) is 0 Å². The van der Waals surface area contributed by atoms with Crippen LogP contribution in [-0.4, -0.2) is 11.0 Å². The highest BCUT2D eigenvalue weighted by atomic mass is 35.5. The van der Waals surface area contributed by atoms with E-state index in [1.54, 1.807) is 18.3 Å². The van der Waals surface area contributed by atoms with Crippen molar-refractivity contribution in [3.63, 3.8) is 0 Å². The Hall–Kier alpha value is -0.960. The van der Waals surface area contributed by atoms with Crippen LogP contribution in [0.4, 0.5) is 5.82 Å². The number of azo groups is 1. The molecule has 0 fully saturated rings. The molecular weight excluding hydrogens is 198 g/mol. The van der Waals surface area contributed by atoms with Crippen molar-refractivity contribution >= 4 is 17.4 Å². The van der Waals surface area contributed by atoms with Gasteiger partial charge >= 0.3 is 0 Å². The van der Waals surface area contributed by atoms with E-state index in [0.29, 0.717) is 16.8 Å². The topological polar surface area (TPSA) is 37.6 Å². The maximum absolute atomic E-state index is 5.69. The lowest BCUT2D eigenvalue weighted by atomic mass is 10.1. The summed E-state index contributed by atoms with van der Waals surface area (Å²) >= 11 is 5.69. The standard InChI is InChI=1S/C10H14ClN3/c1-7(2)8(3)13-14-10-5-4-9(11)6-12-10/h4-8H,1-3H3. The van der Waals surface area contributed by atoms with Gasteiger partial charge in [0.25, 0.3) is 0 Å². The van der Waals surface area contributed by atoms with E-state index < -0.39 is 0 Å². The molecule has 0 aliphatic carbocycles. The largest absolute Gasteiger partial charge is 0.234 e. The van der Waals surface area contributed by atoms with Crippen LogP contribution in [0.15, 0.2) is 28.6 Å². The maximum Gasteiger partial charge on any atom is 0.174 e. The minimum atomic E-state index is 0.215. The normalized spacial score (nSPS) is 13.8. The van der Waals surface area contributed by atoms with Crippen molar-refractivity contribution in [1.29, 1.82) is 0 Å². The van der Waals surface area contributed by atoms with Crippen LogP contribution in [0.3, 0.4) is 0 Å². The Kier molecular flexibility index (Phi) is 4.01. The Morgan fingerprint density at radius 1 is 1.29 bits per heavy atom. The van der Waals surface area contributed by atoms with Crippen molar-refractivity contribution in [2.75, 3.05) is 0 Å². The van der Waals surface area contributed by atoms with Crippen LogP contribution >= 0.6 is 11.6 Å². The zero-order valence-corrected chi connectivity index (χ0v) is 9.36. The van der Waals surface area contributed by atoms with Crippen LogP contribution in [0, 0.1) is 5.92 Å². The summed E-state index contributed by atoms with van der Waals surface area (Å²) < 4.78 is 0. The Morgan fingerprint density at radius 2 is 2.00 bits per heavy atom. The first-order valence-corrected chi connectivity index (χ1v) is 5.00. The molecule has 0 spiro atoms. The molecule has 0 aliphatic heterocycles. The zero-order chi connectivity index (χ0) is 10.6. The molecule has 0 amide bonds. The lowest BCUT2D eigenvalue weighted by Gasteiger charge is -2.07. The summed E-state index contributed by atoms with van der Waals surface area (Å²) in [6.07, 6.45) is 1.57. The third kappa shape index (κ3) is 3.42. The lowest BCUT2D eigenvalue weighted by molar-refractivity contribution is 0.513. The molecule has 1 aromatic rings. The van der Waals surface area contributed by atoms with Crippen molar-refractivity contribution in [1.82, 2.24) is 4.98 Å². The summed E-state index contributed by atoms with van der Waals surface area (Å²) in [5.74, 6) is 1.09. The third-order valence-electron chi connectivity index (χ3n) is 2.02. The van der Waals surface area contributed by atoms with Gasteiger partial charge in [0, 0.05) is 6.20 Å². The highest BCUT2D eigenvalue weighted by molar-refractivity contribution is 6.30. The van der Waals surface area contributed by atoms with E-state index in [4.69, 9.17) is 11.6 Å². The number of pyridine rings is 1. The quantitative estimate of drug-likeness (QED) is 0.700. The molecule has 1 heterocycles. The van der Waals surface area contributed by atoms with Gasteiger partial charge in [-0.25, -0.2) is 4.98 Å². The molecule has 0 bridgehead atoms. The maximum atomic E-state index is 5.69. The van der Waals surface area contributed by atoms with Crippen LogP contribution in [0.2, 0.25) is 5.02 Å². The minimum Gasteiger partial charge on any atom is -0.234 e. The molecule has 76 valence electrons. The predicted molar refractivity (Wildman–Crippen MR) is 58.1 cm³/mol. The van der Waals surface area contributed by atoms with E-state index >= 15 is 0 Å². The number of halogens is 1. The summed E-state index contributed by atoms with van der Waals surface area (Å²) in [6.45, 7) is 6.25. The van der Waals surface area contributed by atoms with Crippen LogP contribution in [0.25, 0.3) is 0 Å². The van der Waals surface area contributed by atoms with Gasteiger partial charge in [-0.15, -0.1) is 5.11 Å². The van der Waals surface area contributed by atoms with Crippen LogP contribution in [-0.2, 0) is 0 Å². The second kappa shape index (κ2) is 5.05. The molecule has 0 aliphatic rings. The molecule has 1 atom stereocenters. The highest BCUT2D eigenvalue weighted by Gasteiger charge is 2.03. The molecule has 0 aromatic carbocycles. The Labute approximate surface area is 89.2 Å². The molecular formula is C10H14ClN3. The molecule has 0 saturated heterocycles. The van der Waals surface area contributed by atoms with Crippen LogP contribution in [0.5, 0.6) is 0 Å². The summed E-state index contributed by atoms with van der Waals surface area (Å²) in [6, 6.07) is 3.72. The third-order valence-corrected chi connectivity index (χ3v) is 2.24. The monoisotopic (exact) mass is 211 g/mol. The van der Waals surface area contributed by atoms with Crippen molar-refractivity contribution in [2.24, 2.45) is 16.1 Å². The highest BCUT2D eigenvalue weighted by Crippen LogP contribution is 2.14. The Bertz CT molecular complexity index is 306. The van der Waals surface area contributed by atoms with Gasteiger partial charge in [-0.3, -0.25) is 0 Å². The first-order valence-electron chi connectivity index (χ1n) is 4.62.